The van der Waals surface area contributed by atoms with E-state index in [9.17, 15) is 9.90 Å². The van der Waals surface area contributed by atoms with Gasteiger partial charge in [0.25, 0.3) is 5.91 Å². The number of carbonyl (C=O) groups is 1. The van der Waals surface area contributed by atoms with Gasteiger partial charge < -0.3 is 10.0 Å². The van der Waals surface area contributed by atoms with Gasteiger partial charge >= 0.3 is 0 Å². The number of amides is 1. The summed E-state index contributed by atoms with van der Waals surface area (Å²) in [5.74, 6) is -0.237. The van der Waals surface area contributed by atoms with E-state index in [-0.39, 0.29) is 12.5 Å². The van der Waals surface area contributed by atoms with Crippen LogP contribution in [0.5, 0.6) is 0 Å². The van der Waals surface area contributed by atoms with Gasteiger partial charge in [-0.2, -0.15) is 0 Å². The molecular formula is C11H15ClN2O2. The number of nitrogens with zero attached hydrogens (tertiary/aromatic N) is 2. The number of rotatable bonds is 3. The van der Waals surface area contributed by atoms with E-state index in [0.29, 0.717) is 10.7 Å². The van der Waals surface area contributed by atoms with Gasteiger partial charge in [0.05, 0.1) is 10.6 Å². The molecule has 1 aromatic heterocycles. The number of pyridine rings is 1. The molecule has 0 aliphatic rings. The van der Waals surface area contributed by atoms with E-state index >= 15 is 0 Å². The third-order valence-corrected chi connectivity index (χ3v) is 2.14. The molecule has 0 saturated heterocycles. The number of halogens is 1. The molecule has 1 N–H and O–H groups in total. The Morgan fingerprint density at radius 2 is 2.19 bits per heavy atom. The molecule has 1 amide bonds. The lowest BCUT2D eigenvalue weighted by atomic mass is 10.1. The van der Waals surface area contributed by atoms with Crippen molar-refractivity contribution < 1.29 is 9.90 Å². The minimum absolute atomic E-state index is 0.237. The lowest BCUT2D eigenvalue weighted by Gasteiger charge is -2.25. The average molecular weight is 243 g/mol. The van der Waals surface area contributed by atoms with Crippen LogP contribution in [0.1, 0.15) is 24.3 Å². The second-order valence-corrected chi connectivity index (χ2v) is 4.77. The number of hydrogen-bond acceptors (Lipinski definition) is 3. The molecule has 0 fully saturated rings. The first-order chi connectivity index (χ1) is 7.29. The number of carbonyl (C=O) groups excluding carboxylic acids is 1. The van der Waals surface area contributed by atoms with E-state index in [1.54, 1.807) is 33.0 Å². The minimum Gasteiger partial charge on any atom is -0.389 e. The Labute approximate surface area is 99.9 Å². The highest BCUT2D eigenvalue weighted by atomic mass is 35.5. The highest BCUT2D eigenvalue weighted by Crippen LogP contribution is 2.10. The predicted octanol–water partition coefficient (Wildman–Crippen LogP) is 1.58. The third kappa shape index (κ3) is 3.79. The quantitative estimate of drug-likeness (QED) is 0.876. The smallest absolute Gasteiger partial charge is 0.272 e. The van der Waals surface area contributed by atoms with Crippen molar-refractivity contribution in [1.29, 1.82) is 0 Å². The largest absolute Gasteiger partial charge is 0.389 e. The number of aliphatic hydroxyl groups is 1. The van der Waals surface area contributed by atoms with Crippen LogP contribution in [0.25, 0.3) is 0 Å². The van der Waals surface area contributed by atoms with Crippen LogP contribution < -0.4 is 0 Å². The molecule has 0 aliphatic heterocycles. The Bertz CT molecular complexity index is 371. The minimum atomic E-state index is -0.920. The Hall–Kier alpha value is -1.13. The Morgan fingerprint density at radius 3 is 2.62 bits per heavy atom. The van der Waals surface area contributed by atoms with Gasteiger partial charge in [-0.15, -0.1) is 0 Å². The maximum absolute atomic E-state index is 11.8. The van der Waals surface area contributed by atoms with Crippen molar-refractivity contribution in [3.8, 4) is 0 Å². The van der Waals surface area contributed by atoms with Crippen molar-refractivity contribution in [2.45, 2.75) is 19.4 Å². The number of aromatic nitrogens is 1. The Morgan fingerprint density at radius 1 is 1.56 bits per heavy atom. The van der Waals surface area contributed by atoms with E-state index in [4.69, 9.17) is 11.6 Å². The summed E-state index contributed by atoms with van der Waals surface area (Å²) in [4.78, 5) is 17.2. The first-order valence-corrected chi connectivity index (χ1v) is 5.27. The molecule has 0 bridgehead atoms. The van der Waals surface area contributed by atoms with E-state index in [2.05, 4.69) is 4.98 Å². The van der Waals surface area contributed by atoms with Crippen LogP contribution in [0.4, 0.5) is 0 Å². The zero-order valence-corrected chi connectivity index (χ0v) is 10.3. The van der Waals surface area contributed by atoms with Crippen molar-refractivity contribution in [2.75, 3.05) is 13.6 Å². The van der Waals surface area contributed by atoms with Crippen molar-refractivity contribution >= 4 is 17.5 Å². The van der Waals surface area contributed by atoms with Gasteiger partial charge in [0.2, 0.25) is 0 Å². The van der Waals surface area contributed by atoms with Crippen LogP contribution in [-0.4, -0.2) is 40.1 Å². The second kappa shape index (κ2) is 4.80. The zero-order chi connectivity index (χ0) is 12.3. The van der Waals surface area contributed by atoms with Crippen LogP contribution in [0.15, 0.2) is 18.3 Å². The van der Waals surface area contributed by atoms with Crippen LogP contribution >= 0.6 is 11.6 Å². The summed E-state index contributed by atoms with van der Waals surface area (Å²) in [5, 5.41) is 10.1. The van der Waals surface area contributed by atoms with Gasteiger partial charge in [0, 0.05) is 19.8 Å². The molecule has 1 rings (SSSR count). The molecule has 1 aromatic rings. The summed E-state index contributed by atoms with van der Waals surface area (Å²) >= 11 is 5.67. The maximum atomic E-state index is 11.8. The molecule has 1 heterocycles. The Kier molecular flexibility index (Phi) is 3.88. The van der Waals surface area contributed by atoms with Crippen LogP contribution in [0, 0.1) is 0 Å². The summed E-state index contributed by atoms with van der Waals surface area (Å²) in [7, 11) is 1.62. The fourth-order valence-electron chi connectivity index (χ4n) is 1.35. The SMILES string of the molecule is CN(CC(C)(C)O)C(=O)c1ccc(Cl)cn1. The van der Waals surface area contributed by atoms with Crippen molar-refractivity contribution in [2.24, 2.45) is 0 Å². The maximum Gasteiger partial charge on any atom is 0.272 e. The molecule has 0 spiro atoms. The van der Waals surface area contributed by atoms with Crippen molar-refractivity contribution in [3.05, 3.63) is 29.0 Å². The lowest BCUT2D eigenvalue weighted by Crippen LogP contribution is -2.39. The fraction of sp³-hybridized carbons (Fsp3) is 0.455. The third-order valence-electron chi connectivity index (χ3n) is 1.92. The molecule has 88 valence electrons. The molecule has 0 aromatic carbocycles. The summed E-state index contributed by atoms with van der Waals surface area (Å²) in [6.07, 6.45) is 1.42. The Balaban J connectivity index is 2.74. The molecule has 0 unspecified atom stereocenters. The molecule has 0 saturated carbocycles. The lowest BCUT2D eigenvalue weighted by molar-refractivity contribution is 0.0365. The molecule has 0 aliphatic carbocycles. The van der Waals surface area contributed by atoms with E-state index in [1.807, 2.05) is 0 Å². The first-order valence-electron chi connectivity index (χ1n) is 4.89. The normalized spacial score (nSPS) is 11.3. The molecule has 0 atom stereocenters. The first kappa shape index (κ1) is 12.9. The van der Waals surface area contributed by atoms with Crippen LogP contribution in [-0.2, 0) is 0 Å². The molecule has 5 heteroatoms. The van der Waals surface area contributed by atoms with Gasteiger partial charge in [-0.25, -0.2) is 4.98 Å². The molecular weight excluding hydrogens is 228 g/mol. The molecule has 16 heavy (non-hydrogen) atoms. The summed E-state index contributed by atoms with van der Waals surface area (Å²) < 4.78 is 0. The molecule has 0 radical (unpaired) electrons. The number of likely N-dealkylation sites (N-methyl/N-ethyl adjacent to an activating group) is 1. The van der Waals surface area contributed by atoms with E-state index in [1.165, 1.54) is 11.1 Å². The van der Waals surface area contributed by atoms with Gasteiger partial charge in [-0.1, -0.05) is 11.6 Å². The van der Waals surface area contributed by atoms with Crippen LogP contribution in [0.3, 0.4) is 0 Å². The van der Waals surface area contributed by atoms with Gasteiger partial charge in [0.1, 0.15) is 5.69 Å². The average Bonchev–Trinajstić information content (AvgIpc) is 2.15. The highest BCUT2D eigenvalue weighted by molar-refractivity contribution is 6.30. The second-order valence-electron chi connectivity index (χ2n) is 4.34. The van der Waals surface area contributed by atoms with Crippen LogP contribution in [0.2, 0.25) is 5.02 Å². The summed E-state index contributed by atoms with van der Waals surface area (Å²) in [6, 6.07) is 3.17. The standard InChI is InChI=1S/C11H15ClN2O2/c1-11(2,16)7-14(3)10(15)9-5-4-8(12)6-13-9/h4-6,16H,7H2,1-3H3. The fourth-order valence-corrected chi connectivity index (χ4v) is 1.46. The van der Waals surface area contributed by atoms with Crippen molar-refractivity contribution in [1.82, 2.24) is 9.88 Å². The monoisotopic (exact) mass is 242 g/mol. The van der Waals surface area contributed by atoms with Gasteiger partial charge in [0.15, 0.2) is 0 Å². The predicted molar refractivity (Wildman–Crippen MR) is 62.5 cm³/mol. The van der Waals surface area contributed by atoms with Gasteiger partial charge in [-0.3, -0.25) is 4.79 Å². The summed E-state index contributed by atoms with van der Waals surface area (Å²) in [6.45, 7) is 3.54. The van der Waals surface area contributed by atoms with E-state index in [0.717, 1.165) is 0 Å². The van der Waals surface area contributed by atoms with Crippen molar-refractivity contribution in [3.63, 3.8) is 0 Å². The zero-order valence-electron chi connectivity index (χ0n) is 9.57. The summed E-state index contributed by atoms with van der Waals surface area (Å²) in [5.41, 5.74) is -0.604. The number of hydrogen-bond donors (Lipinski definition) is 1. The van der Waals surface area contributed by atoms with Gasteiger partial charge in [-0.05, 0) is 26.0 Å². The molecule has 4 nitrogen and oxygen atoms in total. The highest BCUT2D eigenvalue weighted by Gasteiger charge is 2.20. The van der Waals surface area contributed by atoms with E-state index < -0.39 is 5.60 Å². The topological polar surface area (TPSA) is 53.4 Å².